The molecule has 0 amide bonds. The van der Waals surface area contributed by atoms with Crippen LogP contribution in [0.4, 0.5) is 0 Å². The number of aliphatic imine (C=N–C) groups is 1. The van der Waals surface area contributed by atoms with Crippen LogP contribution in [0.3, 0.4) is 0 Å². The maximum Gasteiger partial charge on any atom is 0.219 e. The van der Waals surface area contributed by atoms with Gasteiger partial charge in [0.2, 0.25) is 5.96 Å². The van der Waals surface area contributed by atoms with Crippen LogP contribution in [-0.4, -0.2) is 41.2 Å². The zero-order chi connectivity index (χ0) is 13.4. The lowest BCUT2D eigenvalue weighted by molar-refractivity contribution is 0.336. The van der Waals surface area contributed by atoms with Crippen molar-refractivity contribution in [3.8, 4) is 0 Å². The topological polar surface area (TPSA) is 42.7 Å². The molecule has 1 aromatic rings. The van der Waals surface area contributed by atoms with Gasteiger partial charge in [-0.3, -0.25) is 5.41 Å². The number of rotatable bonds is 0. The normalized spacial score (nSPS) is 23.2. The minimum absolute atomic E-state index is 0.358. The van der Waals surface area contributed by atoms with Crippen molar-refractivity contribution in [3.63, 3.8) is 0 Å². The molecule has 0 radical (unpaired) electrons. The molecule has 2 aliphatic rings. The van der Waals surface area contributed by atoms with Gasteiger partial charge in [-0.15, -0.1) is 0 Å². The van der Waals surface area contributed by atoms with Crippen molar-refractivity contribution in [1.29, 1.82) is 5.41 Å². The van der Waals surface area contributed by atoms with E-state index < -0.39 is 0 Å². The molecule has 2 aliphatic heterocycles. The van der Waals surface area contributed by atoms with Crippen molar-refractivity contribution in [1.82, 2.24) is 9.80 Å². The van der Waals surface area contributed by atoms with Gasteiger partial charge >= 0.3 is 0 Å². The third kappa shape index (κ3) is 2.23. The number of guanidine groups is 1. The summed E-state index contributed by atoms with van der Waals surface area (Å²) in [5.74, 6) is 1.46. The van der Waals surface area contributed by atoms with E-state index in [2.05, 4.69) is 41.1 Å². The Morgan fingerprint density at radius 2 is 2.00 bits per heavy atom. The number of nitrogens with one attached hydrogen (secondary N) is 1. The molecular formula is C15H20N4. The van der Waals surface area contributed by atoms with Gasteiger partial charge in [0.05, 0.1) is 0 Å². The number of hydrogen-bond acceptors (Lipinski definition) is 2. The average molecular weight is 256 g/mol. The fourth-order valence-electron chi connectivity index (χ4n) is 2.77. The van der Waals surface area contributed by atoms with Gasteiger partial charge in [0.1, 0.15) is 5.84 Å². The Balaban J connectivity index is 1.82. The Labute approximate surface area is 114 Å². The van der Waals surface area contributed by atoms with E-state index in [-0.39, 0.29) is 0 Å². The molecule has 0 saturated carbocycles. The first-order valence-electron chi connectivity index (χ1n) is 6.86. The summed E-state index contributed by atoms with van der Waals surface area (Å²) in [4.78, 5) is 8.73. The van der Waals surface area contributed by atoms with Crippen LogP contribution < -0.4 is 0 Å². The molecule has 0 aliphatic carbocycles. The van der Waals surface area contributed by atoms with Crippen molar-refractivity contribution in [3.05, 3.63) is 35.4 Å². The van der Waals surface area contributed by atoms with Gasteiger partial charge in [-0.05, 0) is 24.5 Å². The summed E-state index contributed by atoms with van der Waals surface area (Å²) < 4.78 is 0. The van der Waals surface area contributed by atoms with E-state index in [1.165, 1.54) is 11.1 Å². The fraction of sp³-hybridized carbons (Fsp3) is 0.467. The van der Waals surface area contributed by atoms with E-state index in [9.17, 15) is 0 Å². The smallest absolute Gasteiger partial charge is 0.219 e. The highest BCUT2D eigenvalue weighted by atomic mass is 15.3. The molecular weight excluding hydrogens is 236 g/mol. The van der Waals surface area contributed by atoms with E-state index in [0.717, 1.165) is 31.8 Å². The molecule has 100 valence electrons. The Hall–Kier alpha value is -1.84. The van der Waals surface area contributed by atoms with Crippen LogP contribution in [0, 0.1) is 5.41 Å². The highest BCUT2D eigenvalue weighted by Gasteiger charge is 2.26. The average Bonchev–Trinajstić information content (AvgIpc) is 2.43. The molecule has 2 heterocycles. The largest absolute Gasteiger partial charge is 0.355 e. The van der Waals surface area contributed by atoms with Crippen LogP contribution in [0.15, 0.2) is 29.3 Å². The van der Waals surface area contributed by atoms with Crippen LogP contribution >= 0.6 is 0 Å². The second-order valence-electron chi connectivity index (χ2n) is 5.46. The van der Waals surface area contributed by atoms with Gasteiger partial charge in [0.15, 0.2) is 0 Å². The predicted octanol–water partition coefficient (Wildman–Crippen LogP) is 2.10. The van der Waals surface area contributed by atoms with Crippen LogP contribution in [0.2, 0.25) is 0 Å². The molecule has 1 unspecified atom stereocenters. The number of hydrogen-bond donors (Lipinski definition) is 1. The lowest BCUT2D eigenvalue weighted by Crippen LogP contribution is -2.46. The second-order valence-corrected chi connectivity index (χ2v) is 5.46. The van der Waals surface area contributed by atoms with Crippen LogP contribution in [0.25, 0.3) is 0 Å². The quantitative estimate of drug-likeness (QED) is 0.772. The SMILES string of the molecule is CC1CC(N2CCc3ccccc3C2)=NC(=N)N1C. The van der Waals surface area contributed by atoms with Gasteiger partial charge in [-0.2, -0.15) is 0 Å². The number of amidine groups is 1. The molecule has 3 rings (SSSR count). The zero-order valence-corrected chi connectivity index (χ0v) is 11.6. The highest BCUT2D eigenvalue weighted by Crippen LogP contribution is 2.22. The number of benzene rings is 1. The molecule has 1 atom stereocenters. The summed E-state index contributed by atoms with van der Waals surface area (Å²) >= 11 is 0. The zero-order valence-electron chi connectivity index (χ0n) is 11.6. The van der Waals surface area contributed by atoms with E-state index in [4.69, 9.17) is 5.41 Å². The second kappa shape index (κ2) is 4.68. The van der Waals surface area contributed by atoms with Crippen LogP contribution in [0.1, 0.15) is 24.5 Å². The molecule has 0 aromatic heterocycles. The van der Waals surface area contributed by atoms with E-state index in [0.29, 0.717) is 12.0 Å². The van der Waals surface area contributed by atoms with Gasteiger partial charge in [0.25, 0.3) is 0 Å². The maximum absolute atomic E-state index is 7.93. The first-order chi connectivity index (χ1) is 9.15. The number of fused-ring (bicyclic) bond motifs is 1. The molecule has 19 heavy (non-hydrogen) atoms. The monoisotopic (exact) mass is 256 g/mol. The van der Waals surface area contributed by atoms with Gasteiger partial charge in [-0.25, -0.2) is 4.99 Å². The molecule has 4 nitrogen and oxygen atoms in total. The minimum atomic E-state index is 0.358. The van der Waals surface area contributed by atoms with E-state index in [1.54, 1.807) is 0 Å². The standard InChI is InChI=1S/C15H20N4/c1-11-9-14(17-15(16)18(11)2)19-8-7-12-5-3-4-6-13(12)10-19/h3-6,11,16H,7-10H2,1-2H3. The van der Waals surface area contributed by atoms with Crippen molar-refractivity contribution >= 4 is 11.8 Å². The highest BCUT2D eigenvalue weighted by molar-refractivity contribution is 5.97. The summed E-state index contributed by atoms with van der Waals surface area (Å²) in [5.41, 5.74) is 2.85. The van der Waals surface area contributed by atoms with Crippen molar-refractivity contribution in [2.24, 2.45) is 4.99 Å². The Kier molecular flexibility index (Phi) is 3.01. The summed E-state index contributed by atoms with van der Waals surface area (Å²) in [7, 11) is 1.94. The Bertz CT molecular complexity index is 535. The molecule has 0 fully saturated rings. The summed E-state index contributed by atoms with van der Waals surface area (Å²) in [5, 5.41) is 7.93. The third-order valence-corrected chi connectivity index (χ3v) is 4.20. The minimum Gasteiger partial charge on any atom is -0.355 e. The maximum atomic E-state index is 7.93. The third-order valence-electron chi connectivity index (χ3n) is 4.20. The van der Waals surface area contributed by atoms with Crippen LogP contribution in [-0.2, 0) is 13.0 Å². The van der Waals surface area contributed by atoms with Gasteiger partial charge in [-0.1, -0.05) is 24.3 Å². The van der Waals surface area contributed by atoms with Crippen molar-refractivity contribution in [2.45, 2.75) is 32.4 Å². The van der Waals surface area contributed by atoms with E-state index >= 15 is 0 Å². The lowest BCUT2D eigenvalue weighted by Gasteiger charge is -2.37. The first-order valence-corrected chi connectivity index (χ1v) is 6.86. The predicted molar refractivity (Wildman–Crippen MR) is 77.6 cm³/mol. The molecule has 0 bridgehead atoms. The first kappa shape index (κ1) is 12.2. The summed E-state index contributed by atoms with van der Waals surface area (Å²) in [6.07, 6.45) is 2.01. The summed E-state index contributed by atoms with van der Waals surface area (Å²) in [6.45, 7) is 4.10. The summed E-state index contributed by atoms with van der Waals surface area (Å²) in [6, 6.07) is 8.99. The van der Waals surface area contributed by atoms with Gasteiger partial charge in [0, 0.05) is 32.6 Å². The molecule has 0 spiro atoms. The van der Waals surface area contributed by atoms with Crippen molar-refractivity contribution in [2.75, 3.05) is 13.6 Å². The molecule has 0 saturated heterocycles. The molecule has 4 heteroatoms. The van der Waals surface area contributed by atoms with Gasteiger partial charge < -0.3 is 9.80 Å². The molecule has 1 aromatic carbocycles. The van der Waals surface area contributed by atoms with Crippen molar-refractivity contribution < 1.29 is 0 Å². The Morgan fingerprint density at radius 3 is 2.74 bits per heavy atom. The Morgan fingerprint density at radius 1 is 1.26 bits per heavy atom. The number of nitrogens with zero attached hydrogens (tertiary/aromatic N) is 3. The van der Waals surface area contributed by atoms with E-state index in [1.807, 2.05) is 11.9 Å². The van der Waals surface area contributed by atoms with Crippen LogP contribution in [0.5, 0.6) is 0 Å². The lowest BCUT2D eigenvalue weighted by atomic mass is 9.99. The molecule has 1 N–H and O–H groups in total. The fourth-order valence-corrected chi connectivity index (χ4v) is 2.77.